The van der Waals surface area contributed by atoms with Crippen LogP contribution in [0.3, 0.4) is 0 Å². The third-order valence-corrected chi connectivity index (χ3v) is 3.82. The first-order valence-corrected chi connectivity index (χ1v) is 7.09. The molecule has 20 heavy (non-hydrogen) atoms. The van der Waals surface area contributed by atoms with Gasteiger partial charge in [0.1, 0.15) is 17.5 Å². The van der Waals surface area contributed by atoms with Crippen molar-refractivity contribution in [2.45, 2.75) is 33.1 Å². The third kappa shape index (κ3) is 2.84. The Labute approximate surface area is 119 Å². The van der Waals surface area contributed by atoms with E-state index in [1.807, 2.05) is 6.92 Å². The number of aromatic nitrogens is 2. The van der Waals surface area contributed by atoms with E-state index in [0.717, 1.165) is 37.4 Å². The van der Waals surface area contributed by atoms with Crippen LogP contribution in [0, 0.1) is 5.41 Å². The number of carbonyl (C=O) groups excluding carboxylic acids is 1. The van der Waals surface area contributed by atoms with E-state index in [1.165, 1.54) is 0 Å². The van der Waals surface area contributed by atoms with Gasteiger partial charge in [-0.05, 0) is 19.8 Å². The Morgan fingerprint density at radius 2 is 2.30 bits per heavy atom. The van der Waals surface area contributed by atoms with Gasteiger partial charge in [0.25, 0.3) is 0 Å². The molecule has 0 radical (unpaired) electrons. The summed E-state index contributed by atoms with van der Waals surface area (Å²) in [6.45, 7) is 5.55. The highest BCUT2D eigenvalue weighted by Crippen LogP contribution is 2.33. The maximum atomic E-state index is 12.0. The second-order valence-corrected chi connectivity index (χ2v) is 5.63. The fourth-order valence-electron chi connectivity index (χ4n) is 2.64. The summed E-state index contributed by atoms with van der Waals surface area (Å²) in [5, 5.41) is 2.74. The Balaban J connectivity index is 2.19. The second kappa shape index (κ2) is 5.64. The molecule has 2 rings (SSSR count). The zero-order chi connectivity index (χ0) is 14.8. The summed E-state index contributed by atoms with van der Waals surface area (Å²) >= 11 is 0. The van der Waals surface area contributed by atoms with Crippen molar-refractivity contribution in [1.29, 1.82) is 0 Å². The van der Waals surface area contributed by atoms with E-state index in [-0.39, 0.29) is 11.3 Å². The molecular weight excluding hydrogens is 254 g/mol. The number of hydrogen-bond acceptors (Lipinski definition) is 5. The van der Waals surface area contributed by atoms with Crippen LogP contribution in [0.1, 0.15) is 32.5 Å². The molecule has 1 aliphatic heterocycles. The summed E-state index contributed by atoms with van der Waals surface area (Å²) in [5.74, 6) is 2.17. The lowest BCUT2D eigenvalue weighted by molar-refractivity contribution is -0.128. The van der Waals surface area contributed by atoms with Gasteiger partial charge in [-0.25, -0.2) is 9.97 Å². The largest absolute Gasteiger partial charge is 0.384 e. The van der Waals surface area contributed by atoms with Crippen molar-refractivity contribution in [3.8, 4) is 0 Å². The van der Waals surface area contributed by atoms with Crippen molar-refractivity contribution in [1.82, 2.24) is 15.3 Å². The van der Waals surface area contributed by atoms with Gasteiger partial charge >= 0.3 is 0 Å². The first-order chi connectivity index (χ1) is 9.48. The van der Waals surface area contributed by atoms with Gasteiger partial charge in [0.2, 0.25) is 5.91 Å². The van der Waals surface area contributed by atoms with Gasteiger partial charge in [-0.3, -0.25) is 4.79 Å². The van der Waals surface area contributed by atoms with Crippen molar-refractivity contribution in [2.24, 2.45) is 5.41 Å². The first kappa shape index (κ1) is 14.6. The zero-order valence-corrected chi connectivity index (χ0v) is 12.4. The van der Waals surface area contributed by atoms with E-state index in [9.17, 15) is 4.79 Å². The summed E-state index contributed by atoms with van der Waals surface area (Å²) in [7, 11) is 1.68. The van der Waals surface area contributed by atoms with Crippen LogP contribution in [0.25, 0.3) is 0 Å². The highest BCUT2D eigenvalue weighted by atomic mass is 16.2. The van der Waals surface area contributed by atoms with E-state index in [4.69, 9.17) is 5.73 Å². The minimum absolute atomic E-state index is 0.0795. The molecule has 1 fully saturated rings. The number of nitrogen functional groups attached to an aromatic ring is 1. The lowest BCUT2D eigenvalue weighted by atomic mass is 9.89. The van der Waals surface area contributed by atoms with E-state index in [2.05, 4.69) is 27.1 Å². The van der Waals surface area contributed by atoms with Gasteiger partial charge in [-0.1, -0.05) is 6.92 Å². The molecule has 6 heteroatoms. The Kier molecular flexibility index (Phi) is 4.11. The van der Waals surface area contributed by atoms with Crippen LogP contribution in [0.4, 0.5) is 11.6 Å². The third-order valence-electron chi connectivity index (χ3n) is 3.82. The van der Waals surface area contributed by atoms with Crippen LogP contribution < -0.4 is 16.0 Å². The fourth-order valence-corrected chi connectivity index (χ4v) is 2.64. The zero-order valence-electron chi connectivity index (χ0n) is 12.4. The number of anilines is 2. The van der Waals surface area contributed by atoms with Crippen LogP contribution >= 0.6 is 0 Å². The average Bonchev–Trinajstić information content (AvgIpc) is 2.81. The molecule has 3 N–H and O–H groups in total. The predicted octanol–water partition coefficient (Wildman–Crippen LogP) is 0.974. The number of nitrogens with one attached hydrogen (secondary N) is 1. The first-order valence-electron chi connectivity index (χ1n) is 7.09. The summed E-state index contributed by atoms with van der Waals surface area (Å²) in [6, 6.07) is 1.79. The van der Waals surface area contributed by atoms with Gasteiger partial charge in [-0.15, -0.1) is 0 Å². The number of nitrogens with zero attached hydrogens (tertiary/aromatic N) is 3. The molecule has 1 atom stereocenters. The van der Waals surface area contributed by atoms with Gasteiger partial charge in [0.15, 0.2) is 0 Å². The number of nitrogens with two attached hydrogens (primary N) is 1. The Hall–Kier alpha value is -1.85. The number of hydrogen-bond donors (Lipinski definition) is 2. The molecule has 1 saturated heterocycles. The number of carbonyl (C=O) groups is 1. The average molecular weight is 277 g/mol. The molecule has 1 amide bonds. The molecular formula is C14H23N5O. The van der Waals surface area contributed by atoms with Gasteiger partial charge in [0.05, 0.1) is 5.41 Å². The molecule has 0 saturated carbocycles. The quantitative estimate of drug-likeness (QED) is 0.857. The van der Waals surface area contributed by atoms with Crippen molar-refractivity contribution in [2.75, 3.05) is 30.8 Å². The molecule has 0 bridgehead atoms. The normalized spacial score (nSPS) is 22.1. The number of rotatable bonds is 4. The molecule has 1 aromatic rings. The van der Waals surface area contributed by atoms with Crippen LogP contribution in [-0.4, -0.2) is 36.0 Å². The summed E-state index contributed by atoms with van der Waals surface area (Å²) in [4.78, 5) is 22.9. The maximum absolute atomic E-state index is 12.0. The molecule has 6 nitrogen and oxygen atoms in total. The van der Waals surface area contributed by atoms with Gasteiger partial charge < -0.3 is 16.0 Å². The van der Waals surface area contributed by atoms with E-state index >= 15 is 0 Å². The summed E-state index contributed by atoms with van der Waals surface area (Å²) < 4.78 is 0. The molecule has 2 heterocycles. The smallest absolute Gasteiger partial charge is 0.227 e. The van der Waals surface area contributed by atoms with E-state index in [1.54, 1.807) is 13.1 Å². The maximum Gasteiger partial charge on any atom is 0.227 e. The van der Waals surface area contributed by atoms with Crippen molar-refractivity contribution >= 4 is 17.5 Å². The van der Waals surface area contributed by atoms with Gasteiger partial charge in [0, 0.05) is 32.6 Å². The highest BCUT2D eigenvalue weighted by Gasteiger charge is 2.40. The van der Waals surface area contributed by atoms with Crippen LogP contribution in [0.5, 0.6) is 0 Å². The Bertz CT molecular complexity index is 504. The molecule has 1 aliphatic rings. The monoisotopic (exact) mass is 277 g/mol. The lowest BCUT2D eigenvalue weighted by Gasteiger charge is -2.23. The van der Waals surface area contributed by atoms with E-state index < -0.39 is 0 Å². The van der Waals surface area contributed by atoms with Crippen molar-refractivity contribution in [3.05, 3.63) is 11.9 Å². The molecule has 1 aromatic heterocycles. The van der Waals surface area contributed by atoms with Crippen molar-refractivity contribution in [3.63, 3.8) is 0 Å². The highest BCUT2D eigenvalue weighted by molar-refractivity contribution is 5.83. The lowest BCUT2D eigenvalue weighted by Crippen LogP contribution is -2.39. The Morgan fingerprint density at radius 1 is 1.55 bits per heavy atom. The molecule has 1 unspecified atom stereocenters. The SMILES string of the molecule is CCCc1nc(N)cc(N2CCC(C)(C(=O)NC)C2)n1. The van der Waals surface area contributed by atoms with Crippen molar-refractivity contribution < 1.29 is 4.79 Å². The predicted molar refractivity (Wildman–Crippen MR) is 79.4 cm³/mol. The molecule has 0 aliphatic carbocycles. The van der Waals surface area contributed by atoms with Crippen LogP contribution in [0.2, 0.25) is 0 Å². The Morgan fingerprint density at radius 3 is 2.95 bits per heavy atom. The number of amides is 1. The van der Waals surface area contributed by atoms with Crippen LogP contribution in [-0.2, 0) is 11.2 Å². The van der Waals surface area contributed by atoms with Crippen LogP contribution in [0.15, 0.2) is 6.07 Å². The fraction of sp³-hybridized carbons (Fsp3) is 0.643. The minimum atomic E-state index is -0.362. The number of aryl methyl sites for hydroxylation is 1. The minimum Gasteiger partial charge on any atom is -0.384 e. The molecule has 110 valence electrons. The van der Waals surface area contributed by atoms with E-state index in [0.29, 0.717) is 12.4 Å². The van der Waals surface area contributed by atoms with Gasteiger partial charge in [-0.2, -0.15) is 0 Å². The topological polar surface area (TPSA) is 84.1 Å². The molecule has 0 spiro atoms. The molecule has 0 aromatic carbocycles. The standard InChI is InChI=1S/C14H23N5O/c1-4-5-11-17-10(15)8-12(18-11)19-7-6-14(2,9-19)13(20)16-3/h8H,4-7,9H2,1-3H3,(H,16,20)(H2,15,17,18). The summed E-state index contributed by atoms with van der Waals surface area (Å²) in [6.07, 6.45) is 2.62. The second-order valence-electron chi connectivity index (χ2n) is 5.63. The summed E-state index contributed by atoms with van der Waals surface area (Å²) in [5.41, 5.74) is 5.49.